The van der Waals surface area contributed by atoms with Crippen LogP contribution in [0.5, 0.6) is 0 Å². The number of amides is 1. The Balaban J connectivity index is 2.11. The van der Waals surface area contributed by atoms with Gasteiger partial charge in [-0.3, -0.25) is 19.9 Å². The fourth-order valence-corrected chi connectivity index (χ4v) is 2.18. The van der Waals surface area contributed by atoms with Gasteiger partial charge in [-0.1, -0.05) is 18.2 Å². The van der Waals surface area contributed by atoms with Crippen LogP contribution in [0.3, 0.4) is 0 Å². The zero-order valence-electron chi connectivity index (χ0n) is 13.4. The van der Waals surface area contributed by atoms with Crippen molar-refractivity contribution in [1.29, 1.82) is 5.26 Å². The van der Waals surface area contributed by atoms with Crippen LogP contribution in [-0.4, -0.2) is 27.3 Å². The molecule has 0 fully saturated rings. The quantitative estimate of drug-likeness (QED) is 0.439. The van der Waals surface area contributed by atoms with Crippen LogP contribution >= 0.6 is 0 Å². The molecule has 0 spiro atoms. The molecule has 1 amide bonds. The topological polar surface area (TPSA) is 100 Å². The van der Waals surface area contributed by atoms with E-state index in [1.54, 1.807) is 30.6 Å². The van der Waals surface area contributed by atoms with Gasteiger partial charge in [0.25, 0.3) is 5.69 Å². The van der Waals surface area contributed by atoms with E-state index < -0.39 is 4.92 Å². The molecule has 7 heteroatoms. The summed E-state index contributed by atoms with van der Waals surface area (Å²) in [5.74, 6) is -0.273. The standard InChI is InChI=1S/C18H16N4O3/c19-9-3-11-21(14-16-5-2-10-20-13-16)18(23)8-7-15-4-1-6-17(12-15)22(24)25/h1-2,4-8,10,12-13H,3,11,14H2. The van der Waals surface area contributed by atoms with Crippen molar-refractivity contribution in [3.05, 3.63) is 76.1 Å². The van der Waals surface area contributed by atoms with E-state index in [2.05, 4.69) is 4.98 Å². The lowest BCUT2D eigenvalue weighted by Crippen LogP contribution is -2.29. The van der Waals surface area contributed by atoms with Crippen LogP contribution in [0, 0.1) is 21.4 Å². The normalized spacial score (nSPS) is 10.4. The highest BCUT2D eigenvalue weighted by atomic mass is 16.6. The van der Waals surface area contributed by atoms with Crippen LogP contribution < -0.4 is 0 Å². The maximum Gasteiger partial charge on any atom is 0.270 e. The Hall–Kier alpha value is -3.53. The molecule has 7 nitrogen and oxygen atoms in total. The Morgan fingerprint density at radius 1 is 1.36 bits per heavy atom. The van der Waals surface area contributed by atoms with E-state index in [0.29, 0.717) is 18.7 Å². The summed E-state index contributed by atoms with van der Waals surface area (Å²) >= 11 is 0. The van der Waals surface area contributed by atoms with Gasteiger partial charge in [-0.2, -0.15) is 5.26 Å². The number of hydrogen-bond acceptors (Lipinski definition) is 5. The van der Waals surface area contributed by atoms with Gasteiger partial charge in [0.1, 0.15) is 0 Å². The lowest BCUT2D eigenvalue weighted by molar-refractivity contribution is -0.384. The van der Waals surface area contributed by atoms with Crippen molar-refractivity contribution in [3.8, 4) is 6.07 Å². The first-order chi connectivity index (χ1) is 12.1. The molecule has 0 radical (unpaired) electrons. The molecular formula is C18H16N4O3. The highest BCUT2D eigenvalue weighted by Gasteiger charge is 2.11. The summed E-state index contributed by atoms with van der Waals surface area (Å²) in [6.45, 7) is 0.636. The Morgan fingerprint density at radius 3 is 2.88 bits per heavy atom. The molecule has 25 heavy (non-hydrogen) atoms. The number of rotatable bonds is 7. The SMILES string of the molecule is N#CCCN(Cc1cccnc1)C(=O)C=Cc1cccc([N+](=O)[O-])c1. The van der Waals surface area contributed by atoms with Crippen LogP contribution in [0.2, 0.25) is 0 Å². The predicted molar refractivity (Wildman–Crippen MR) is 92.0 cm³/mol. The monoisotopic (exact) mass is 336 g/mol. The molecule has 0 unspecified atom stereocenters. The molecule has 0 saturated heterocycles. The Kier molecular flexibility index (Phi) is 6.37. The average molecular weight is 336 g/mol. The van der Waals surface area contributed by atoms with Crippen LogP contribution in [0.1, 0.15) is 17.5 Å². The third-order valence-corrected chi connectivity index (χ3v) is 3.40. The smallest absolute Gasteiger partial charge is 0.270 e. The number of hydrogen-bond donors (Lipinski definition) is 0. The Labute approximate surface area is 145 Å². The predicted octanol–water partition coefficient (Wildman–Crippen LogP) is 2.95. The number of nitro groups is 1. The highest BCUT2D eigenvalue weighted by molar-refractivity contribution is 5.91. The number of benzene rings is 1. The lowest BCUT2D eigenvalue weighted by Gasteiger charge is -2.19. The van der Waals surface area contributed by atoms with Crippen LogP contribution in [0.4, 0.5) is 5.69 Å². The molecule has 0 saturated carbocycles. The minimum atomic E-state index is -0.485. The third-order valence-electron chi connectivity index (χ3n) is 3.40. The minimum Gasteiger partial charge on any atom is -0.334 e. The number of pyridine rings is 1. The molecule has 1 aromatic carbocycles. The zero-order valence-corrected chi connectivity index (χ0v) is 13.4. The highest BCUT2D eigenvalue weighted by Crippen LogP contribution is 2.14. The van der Waals surface area contributed by atoms with Gasteiger partial charge >= 0.3 is 0 Å². The van der Waals surface area contributed by atoms with Crippen LogP contribution in [0.25, 0.3) is 6.08 Å². The van der Waals surface area contributed by atoms with E-state index in [-0.39, 0.29) is 18.0 Å². The summed E-state index contributed by atoms with van der Waals surface area (Å²) in [6, 6.07) is 11.7. The third kappa shape index (κ3) is 5.55. The zero-order chi connectivity index (χ0) is 18.1. The fourth-order valence-electron chi connectivity index (χ4n) is 2.18. The molecule has 0 atom stereocenters. The van der Waals surface area contributed by atoms with Crippen molar-refractivity contribution in [1.82, 2.24) is 9.88 Å². The van der Waals surface area contributed by atoms with Gasteiger partial charge in [-0.15, -0.1) is 0 Å². The maximum absolute atomic E-state index is 12.4. The van der Waals surface area contributed by atoms with Gasteiger partial charge in [0, 0.05) is 43.7 Å². The summed E-state index contributed by atoms with van der Waals surface area (Å²) in [4.78, 5) is 28.3. The number of nitro benzene ring substituents is 1. The average Bonchev–Trinajstić information content (AvgIpc) is 2.64. The first-order valence-corrected chi connectivity index (χ1v) is 7.57. The van der Waals surface area contributed by atoms with Crippen molar-refractivity contribution in [2.45, 2.75) is 13.0 Å². The van der Waals surface area contributed by atoms with E-state index in [9.17, 15) is 14.9 Å². The number of nitrogens with zero attached hydrogens (tertiary/aromatic N) is 4. The molecule has 1 heterocycles. The second kappa shape index (κ2) is 8.93. The van der Waals surface area contributed by atoms with E-state index in [1.807, 2.05) is 12.1 Å². The molecule has 0 bridgehead atoms. The van der Waals surface area contributed by atoms with Gasteiger partial charge in [0.15, 0.2) is 0 Å². The Morgan fingerprint density at radius 2 is 2.20 bits per heavy atom. The lowest BCUT2D eigenvalue weighted by atomic mass is 10.2. The van der Waals surface area contributed by atoms with E-state index >= 15 is 0 Å². The molecule has 0 aliphatic heterocycles. The number of carbonyl (C=O) groups excluding carboxylic acids is 1. The largest absolute Gasteiger partial charge is 0.334 e. The summed E-state index contributed by atoms with van der Waals surface area (Å²) in [7, 11) is 0. The minimum absolute atomic E-state index is 0.0358. The second-order valence-corrected chi connectivity index (χ2v) is 5.21. The summed E-state index contributed by atoms with van der Waals surface area (Å²) in [5, 5.41) is 19.6. The van der Waals surface area contributed by atoms with Crippen LogP contribution in [0.15, 0.2) is 54.9 Å². The molecule has 0 aliphatic rings. The first kappa shape index (κ1) is 17.8. The van der Waals surface area contributed by atoms with Gasteiger partial charge in [-0.05, 0) is 23.3 Å². The van der Waals surface area contributed by atoms with Crippen molar-refractivity contribution in [3.63, 3.8) is 0 Å². The van der Waals surface area contributed by atoms with Crippen molar-refractivity contribution in [2.24, 2.45) is 0 Å². The number of non-ortho nitro benzene ring substituents is 1. The molecular weight excluding hydrogens is 320 g/mol. The van der Waals surface area contributed by atoms with E-state index in [1.165, 1.54) is 29.2 Å². The van der Waals surface area contributed by atoms with Gasteiger partial charge in [-0.25, -0.2) is 0 Å². The molecule has 126 valence electrons. The summed E-state index contributed by atoms with van der Waals surface area (Å²) in [5.41, 5.74) is 1.38. The molecule has 2 rings (SSSR count). The van der Waals surface area contributed by atoms with Gasteiger partial charge in [0.2, 0.25) is 5.91 Å². The molecule has 0 aliphatic carbocycles. The fraction of sp³-hybridized carbons (Fsp3) is 0.167. The van der Waals surface area contributed by atoms with Crippen molar-refractivity contribution < 1.29 is 9.72 Å². The van der Waals surface area contributed by atoms with Gasteiger partial charge in [0.05, 0.1) is 17.4 Å². The molecule has 0 N–H and O–H groups in total. The number of nitriles is 1. The molecule has 2 aromatic rings. The first-order valence-electron chi connectivity index (χ1n) is 7.57. The maximum atomic E-state index is 12.4. The Bertz CT molecular complexity index is 813. The van der Waals surface area contributed by atoms with Crippen molar-refractivity contribution in [2.75, 3.05) is 6.54 Å². The molecule has 1 aromatic heterocycles. The van der Waals surface area contributed by atoms with Crippen LogP contribution in [-0.2, 0) is 11.3 Å². The number of carbonyl (C=O) groups is 1. The van der Waals surface area contributed by atoms with E-state index in [0.717, 1.165) is 5.56 Å². The number of aromatic nitrogens is 1. The van der Waals surface area contributed by atoms with Crippen molar-refractivity contribution >= 4 is 17.7 Å². The second-order valence-electron chi connectivity index (χ2n) is 5.21. The summed E-state index contributed by atoms with van der Waals surface area (Å²) < 4.78 is 0. The summed E-state index contributed by atoms with van der Waals surface area (Å²) in [6.07, 6.45) is 6.41. The van der Waals surface area contributed by atoms with Gasteiger partial charge < -0.3 is 4.90 Å². The van der Waals surface area contributed by atoms with E-state index in [4.69, 9.17) is 5.26 Å².